The molecule has 0 heterocycles. The zero-order valence-electron chi connectivity index (χ0n) is 14.4. The predicted molar refractivity (Wildman–Crippen MR) is 94.8 cm³/mol. The highest BCUT2D eigenvalue weighted by Crippen LogP contribution is 2.42. The molecule has 124 valence electrons. The highest BCUT2D eigenvalue weighted by molar-refractivity contribution is 5.64. The number of rotatable bonds is 7. The fourth-order valence-electron chi connectivity index (χ4n) is 4.58. The number of aldehydes is 1. The van der Waals surface area contributed by atoms with Crippen molar-refractivity contribution in [1.29, 1.82) is 0 Å². The van der Waals surface area contributed by atoms with Gasteiger partial charge in [-0.2, -0.15) is 0 Å². The molecule has 0 amide bonds. The van der Waals surface area contributed by atoms with E-state index in [0.29, 0.717) is 0 Å². The molecule has 0 bridgehead atoms. The van der Waals surface area contributed by atoms with Gasteiger partial charge in [0.25, 0.3) is 0 Å². The van der Waals surface area contributed by atoms with E-state index in [2.05, 4.69) is 13.5 Å². The molecule has 0 radical (unpaired) electrons. The van der Waals surface area contributed by atoms with Crippen LogP contribution in [0.2, 0.25) is 0 Å². The topological polar surface area (TPSA) is 17.1 Å². The number of carbonyl (C=O) groups is 1. The monoisotopic (exact) mass is 302 g/mol. The van der Waals surface area contributed by atoms with Gasteiger partial charge < -0.3 is 0 Å². The summed E-state index contributed by atoms with van der Waals surface area (Å²) in [6.45, 7) is 6.85. The van der Waals surface area contributed by atoms with Gasteiger partial charge in [0.05, 0.1) is 0 Å². The van der Waals surface area contributed by atoms with Crippen LogP contribution in [0, 0.1) is 23.7 Å². The summed E-state index contributed by atoms with van der Waals surface area (Å²) in [5.74, 6) is 3.47. The molecule has 0 aromatic heterocycles. The minimum Gasteiger partial charge on any atom is -0.299 e. The Hall–Kier alpha value is -0.850. The average molecular weight is 303 g/mol. The quantitative estimate of drug-likeness (QED) is 0.315. The Morgan fingerprint density at radius 3 is 2.00 bits per heavy atom. The largest absolute Gasteiger partial charge is 0.299 e. The molecule has 0 atom stereocenters. The molecular weight excluding hydrogens is 268 g/mol. The summed E-state index contributed by atoms with van der Waals surface area (Å²) in [4.78, 5) is 10.3. The summed E-state index contributed by atoms with van der Waals surface area (Å²) in [5, 5.41) is 0. The first-order valence-corrected chi connectivity index (χ1v) is 9.53. The van der Waals surface area contributed by atoms with Crippen molar-refractivity contribution in [2.45, 2.75) is 77.6 Å². The zero-order chi connectivity index (χ0) is 15.8. The van der Waals surface area contributed by atoms with Gasteiger partial charge >= 0.3 is 0 Å². The second-order valence-electron chi connectivity index (χ2n) is 7.56. The molecule has 0 N–H and O–H groups in total. The van der Waals surface area contributed by atoms with Gasteiger partial charge in [0, 0.05) is 0 Å². The lowest BCUT2D eigenvalue weighted by Gasteiger charge is -2.36. The highest BCUT2D eigenvalue weighted by Gasteiger charge is 2.28. The van der Waals surface area contributed by atoms with E-state index in [9.17, 15) is 4.79 Å². The van der Waals surface area contributed by atoms with Crippen LogP contribution in [-0.2, 0) is 4.79 Å². The molecule has 2 aliphatic carbocycles. The molecule has 2 saturated carbocycles. The Morgan fingerprint density at radius 1 is 0.955 bits per heavy atom. The average Bonchev–Trinajstić information content (AvgIpc) is 2.59. The summed E-state index contributed by atoms with van der Waals surface area (Å²) < 4.78 is 0. The van der Waals surface area contributed by atoms with Crippen molar-refractivity contribution in [3.05, 3.63) is 24.3 Å². The van der Waals surface area contributed by atoms with E-state index < -0.39 is 0 Å². The van der Waals surface area contributed by atoms with Gasteiger partial charge in [-0.25, -0.2) is 0 Å². The Morgan fingerprint density at radius 2 is 1.50 bits per heavy atom. The minimum atomic E-state index is 0.796. The maximum Gasteiger partial charge on any atom is 0.142 e. The molecule has 0 saturated heterocycles. The van der Waals surface area contributed by atoms with E-state index in [1.807, 2.05) is 6.08 Å². The van der Waals surface area contributed by atoms with Crippen LogP contribution in [0.5, 0.6) is 0 Å². The fourth-order valence-corrected chi connectivity index (χ4v) is 4.58. The van der Waals surface area contributed by atoms with Crippen LogP contribution in [0.1, 0.15) is 77.6 Å². The molecular formula is C21H34O. The Balaban J connectivity index is 1.69. The molecule has 0 aromatic rings. The molecule has 2 rings (SSSR count). The Labute approximate surface area is 137 Å². The van der Waals surface area contributed by atoms with Crippen molar-refractivity contribution in [1.82, 2.24) is 0 Å². The van der Waals surface area contributed by atoms with Gasteiger partial charge in [0.2, 0.25) is 0 Å². The number of hydrogen-bond donors (Lipinski definition) is 0. The standard InChI is InChI=1S/C21H34O/c1-3-18-8-12-20(13-9-18)17(2)21-14-10-19(11-15-21)7-5-4-6-16-22/h4,6,16,18-21H,2-3,5,7-15H2,1H3/b6-4+. The third-order valence-electron chi connectivity index (χ3n) is 6.28. The SMILES string of the molecule is C=C(C1CCC(CC)CC1)C1CCC(CC/C=C/C=O)CC1. The molecule has 1 nitrogen and oxygen atoms in total. The van der Waals surface area contributed by atoms with Gasteiger partial charge in [-0.05, 0) is 94.0 Å². The van der Waals surface area contributed by atoms with Crippen LogP contribution in [0.4, 0.5) is 0 Å². The Kier molecular flexibility index (Phi) is 7.42. The molecule has 22 heavy (non-hydrogen) atoms. The number of hydrogen-bond acceptors (Lipinski definition) is 1. The summed E-state index contributed by atoms with van der Waals surface area (Å²) in [7, 11) is 0. The first-order chi connectivity index (χ1) is 10.7. The first-order valence-electron chi connectivity index (χ1n) is 9.53. The number of allylic oxidation sites excluding steroid dienone is 3. The van der Waals surface area contributed by atoms with Crippen molar-refractivity contribution < 1.29 is 4.79 Å². The molecule has 0 spiro atoms. The van der Waals surface area contributed by atoms with Crippen molar-refractivity contribution >= 4 is 6.29 Å². The van der Waals surface area contributed by atoms with E-state index in [0.717, 1.165) is 36.4 Å². The van der Waals surface area contributed by atoms with Crippen LogP contribution >= 0.6 is 0 Å². The molecule has 0 aromatic carbocycles. The molecule has 1 heteroatoms. The lowest BCUT2D eigenvalue weighted by molar-refractivity contribution is -0.104. The fraction of sp³-hybridized carbons (Fsp3) is 0.762. The van der Waals surface area contributed by atoms with E-state index in [1.165, 1.54) is 64.2 Å². The summed E-state index contributed by atoms with van der Waals surface area (Å²) >= 11 is 0. The third-order valence-corrected chi connectivity index (χ3v) is 6.28. The molecule has 2 aliphatic rings. The number of carbonyl (C=O) groups excluding carboxylic acids is 1. The van der Waals surface area contributed by atoms with Crippen LogP contribution in [-0.4, -0.2) is 6.29 Å². The van der Waals surface area contributed by atoms with E-state index in [-0.39, 0.29) is 0 Å². The van der Waals surface area contributed by atoms with E-state index in [4.69, 9.17) is 0 Å². The highest BCUT2D eigenvalue weighted by atomic mass is 16.1. The van der Waals surface area contributed by atoms with Gasteiger partial charge in [0.1, 0.15) is 6.29 Å². The van der Waals surface area contributed by atoms with E-state index in [1.54, 1.807) is 11.6 Å². The normalized spacial score (nSPS) is 33.0. The van der Waals surface area contributed by atoms with Crippen LogP contribution < -0.4 is 0 Å². The Bertz CT molecular complexity index is 365. The van der Waals surface area contributed by atoms with Crippen LogP contribution in [0.15, 0.2) is 24.3 Å². The van der Waals surface area contributed by atoms with Crippen molar-refractivity contribution in [2.24, 2.45) is 23.7 Å². The molecule has 2 fully saturated rings. The zero-order valence-corrected chi connectivity index (χ0v) is 14.4. The third kappa shape index (κ3) is 5.11. The lowest BCUT2D eigenvalue weighted by atomic mass is 9.70. The van der Waals surface area contributed by atoms with Crippen LogP contribution in [0.25, 0.3) is 0 Å². The lowest BCUT2D eigenvalue weighted by Crippen LogP contribution is -2.23. The molecule has 0 aliphatic heterocycles. The van der Waals surface area contributed by atoms with Crippen LogP contribution in [0.3, 0.4) is 0 Å². The van der Waals surface area contributed by atoms with Gasteiger partial charge in [-0.15, -0.1) is 0 Å². The smallest absolute Gasteiger partial charge is 0.142 e. The second kappa shape index (κ2) is 9.33. The summed E-state index contributed by atoms with van der Waals surface area (Å²) in [5.41, 5.74) is 1.59. The maximum absolute atomic E-state index is 10.3. The van der Waals surface area contributed by atoms with Crippen molar-refractivity contribution in [2.75, 3.05) is 0 Å². The first kappa shape index (κ1) is 17.5. The summed E-state index contributed by atoms with van der Waals surface area (Å²) in [6, 6.07) is 0. The molecule has 0 unspecified atom stereocenters. The predicted octanol–water partition coefficient (Wildman–Crippen LogP) is 6.10. The second-order valence-corrected chi connectivity index (χ2v) is 7.56. The van der Waals surface area contributed by atoms with Gasteiger partial charge in [0.15, 0.2) is 0 Å². The van der Waals surface area contributed by atoms with Crippen molar-refractivity contribution in [3.63, 3.8) is 0 Å². The van der Waals surface area contributed by atoms with Gasteiger partial charge in [-0.1, -0.05) is 31.6 Å². The van der Waals surface area contributed by atoms with Gasteiger partial charge in [-0.3, -0.25) is 4.79 Å². The van der Waals surface area contributed by atoms with E-state index >= 15 is 0 Å². The van der Waals surface area contributed by atoms with Crippen molar-refractivity contribution in [3.8, 4) is 0 Å². The minimum absolute atomic E-state index is 0.796. The summed E-state index contributed by atoms with van der Waals surface area (Å²) in [6.07, 6.45) is 19.3. The maximum atomic E-state index is 10.3.